The predicted octanol–water partition coefficient (Wildman–Crippen LogP) is 2.36. The third kappa shape index (κ3) is 5.61. The van der Waals surface area contributed by atoms with Crippen LogP contribution in [0.1, 0.15) is 24.2 Å². The molecule has 1 rings (SSSR count). The van der Waals surface area contributed by atoms with Gasteiger partial charge in [-0.15, -0.1) is 0 Å². The molecule has 0 aliphatic rings. The smallest absolute Gasteiger partial charge is 0.253 e. The van der Waals surface area contributed by atoms with E-state index >= 15 is 0 Å². The van der Waals surface area contributed by atoms with Crippen molar-refractivity contribution >= 4 is 5.91 Å². The predicted molar refractivity (Wildman–Crippen MR) is 82.3 cm³/mol. The number of carbonyl (C=O) groups excluding carboxylic acids is 1. The molecule has 1 aromatic carbocycles. The van der Waals surface area contributed by atoms with Gasteiger partial charge in [-0.05, 0) is 44.3 Å². The maximum absolute atomic E-state index is 12.2. The van der Waals surface area contributed by atoms with Crippen LogP contribution in [-0.4, -0.2) is 56.5 Å². The van der Waals surface area contributed by atoms with Crippen molar-refractivity contribution in [2.75, 3.05) is 40.8 Å². The summed E-state index contributed by atoms with van der Waals surface area (Å²) in [5, 5.41) is 0. The monoisotopic (exact) mass is 278 g/mol. The maximum Gasteiger partial charge on any atom is 0.253 e. The Morgan fingerprint density at radius 3 is 2.20 bits per heavy atom. The second-order valence-corrected chi connectivity index (χ2v) is 5.76. The molecule has 0 bridgehead atoms. The lowest BCUT2D eigenvalue weighted by Crippen LogP contribution is -2.33. The van der Waals surface area contributed by atoms with E-state index in [9.17, 15) is 4.79 Å². The minimum Gasteiger partial charge on any atom is -0.493 e. The lowest BCUT2D eigenvalue weighted by Gasteiger charge is -2.19. The molecular formula is C16H26N2O2. The van der Waals surface area contributed by atoms with E-state index in [1.165, 1.54) is 0 Å². The third-order valence-electron chi connectivity index (χ3n) is 2.91. The van der Waals surface area contributed by atoms with E-state index in [0.717, 1.165) is 18.8 Å². The molecule has 1 amide bonds. The van der Waals surface area contributed by atoms with E-state index in [0.29, 0.717) is 18.1 Å². The van der Waals surface area contributed by atoms with Gasteiger partial charge in [0.1, 0.15) is 5.75 Å². The Morgan fingerprint density at radius 2 is 1.70 bits per heavy atom. The summed E-state index contributed by atoms with van der Waals surface area (Å²) in [6, 6.07) is 7.36. The molecule has 0 saturated carbocycles. The number of hydrogen-bond acceptors (Lipinski definition) is 3. The summed E-state index contributed by atoms with van der Waals surface area (Å²) in [6.07, 6.45) is 0. The Kier molecular flexibility index (Phi) is 6.52. The van der Waals surface area contributed by atoms with E-state index in [4.69, 9.17) is 4.74 Å². The number of rotatable bonds is 7. The molecule has 0 radical (unpaired) electrons. The zero-order valence-corrected chi connectivity index (χ0v) is 13.2. The lowest BCUT2D eigenvalue weighted by atomic mass is 10.2. The number of hydrogen-bond donors (Lipinski definition) is 0. The average Bonchev–Trinajstić information content (AvgIpc) is 2.42. The van der Waals surface area contributed by atoms with Gasteiger partial charge in [-0.1, -0.05) is 13.8 Å². The molecule has 0 N–H and O–H groups in total. The zero-order valence-electron chi connectivity index (χ0n) is 13.2. The highest BCUT2D eigenvalue weighted by molar-refractivity contribution is 5.94. The second-order valence-electron chi connectivity index (χ2n) is 5.76. The summed E-state index contributed by atoms with van der Waals surface area (Å²) in [6.45, 7) is 6.49. The van der Waals surface area contributed by atoms with Gasteiger partial charge >= 0.3 is 0 Å². The molecule has 0 aliphatic carbocycles. The molecule has 0 unspecified atom stereocenters. The molecule has 4 heteroatoms. The molecule has 0 atom stereocenters. The molecule has 4 nitrogen and oxygen atoms in total. The molecule has 0 aromatic heterocycles. The second kappa shape index (κ2) is 7.90. The first kappa shape index (κ1) is 16.5. The van der Waals surface area contributed by atoms with Crippen molar-refractivity contribution in [2.24, 2.45) is 5.92 Å². The summed E-state index contributed by atoms with van der Waals surface area (Å²) in [4.78, 5) is 16.0. The average molecular weight is 278 g/mol. The summed E-state index contributed by atoms with van der Waals surface area (Å²) < 4.78 is 5.61. The van der Waals surface area contributed by atoms with Crippen LogP contribution < -0.4 is 4.74 Å². The van der Waals surface area contributed by atoms with Crippen molar-refractivity contribution in [3.05, 3.63) is 29.8 Å². The quantitative estimate of drug-likeness (QED) is 0.767. The molecule has 0 spiro atoms. The van der Waals surface area contributed by atoms with E-state index in [-0.39, 0.29) is 5.91 Å². The fraction of sp³-hybridized carbons (Fsp3) is 0.562. The van der Waals surface area contributed by atoms with Gasteiger partial charge in [0.25, 0.3) is 5.91 Å². The summed E-state index contributed by atoms with van der Waals surface area (Å²) >= 11 is 0. The summed E-state index contributed by atoms with van der Waals surface area (Å²) in [7, 11) is 5.83. The van der Waals surface area contributed by atoms with Crippen LogP contribution in [0.4, 0.5) is 0 Å². The van der Waals surface area contributed by atoms with Gasteiger partial charge in [0.05, 0.1) is 6.61 Å². The highest BCUT2D eigenvalue weighted by Gasteiger charge is 2.11. The number of ether oxygens (including phenoxy) is 1. The molecule has 0 fully saturated rings. The molecular weight excluding hydrogens is 252 g/mol. The minimum absolute atomic E-state index is 0.0438. The van der Waals surface area contributed by atoms with E-state index in [1.807, 2.05) is 45.4 Å². The Morgan fingerprint density at radius 1 is 1.10 bits per heavy atom. The van der Waals surface area contributed by atoms with Gasteiger partial charge in [0.15, 0.2) is 0 Å². The lowest BCUT2D eigenvalue weighted by molar-refractivity contribution is 0.0786. The number of nitrogens with zero attached hydrogens (tertiary/aromatic N) is 2. The van der Waals surface area contributed by atoms with Crippen LogP contribution in [-0.2, 0) is 0 Å². The fourth-order valence-electron chi connectivity index (χ4n) is 1.63. The Labute approximate surface area is 122 Å². The van der Waals surface area contributed by atoms with Gasteiger partial charge in [-0.3, -0.25) is 4.79 Å². The van der Waals surface area contributed by atoms with Crippen molar-refractivity contribution in [3.8, 4) is 5.75 Å². The first-order valence-corrected chi connectivity index (χ1v) is 7.03. The highest BCUT2D eigenvalue weighted by atomic mass is 16.5. The number of carbonyl (C=O) groups is 1. The van der Waals surface area contributed by atoms with E-state index in [2.05, 4.69) is 18.7 Å². The Balaban J connectivity index is 2.56. The van der Waals surface area contributed by atoms with Crippen molar-refractivity contribution in [1.29, 1.82) is 0 Å². The van der Waals surface area contributed by atoms with Crippen LogP contribution in [0, 0.1) is 5.92 Å². The molecule has 112 valence electrons. The van der Waals surface area contributed by atoms with Crippen LogP contribution in [0.5, 0.6) is 5.75 Å². The highest BCUT2D eigenvalue weighted by Crippen LogP contribution is 2.14. The SMILES string of the molecule is CC(C)COc1ccc(C(=O)N(C)CCN(C)C)cc1. The Bertz CT molecular complexity index is 413. The largest absolute Gasteiger partial charge is 0.493 e. The number of likely N-dealkylation sites (N-methyl/N-ethyl adjacent to an activating group) is 2. The molecule has 0 aliphatic heterocycles. The standard InChI is InChI=1S/C16H26N2O2/c1-13(2)12-20-15-8-6-14(7-9-15)16(19)18(5)11-10-17(3)4/h6-9,13H,10-12H2,1-5H3. The maximum atomic E-state index is 12.2. The van der Waals surface area contributed by atoms with Crippen LogP contribution in [0.3, 0.4) is 0 Å². The topological polar surface area (TPSA) is 32.8 Å². The Hall–Kier alpha value is -1.55. The van der Waals surface area contributed by atoms with Crippen LogP contribution in [0.2, 0.25) is 0 Å². The first-order valence-electron chi connectivity index (χ1n) is 7.03. The van der Waals surface area contributed by atoms with E-state index in [1.54, 1.807) is 4.90 Å². The normalized spacial score (nSPS) is 10.9. The van der Waals surface area contributed by atoms with Crippen molar-refractivity contribution < 1.29 is 9.53 Å². The third-order valence-corrected chi connectivity index (χ3v) is 2.91. The van der Waals surface area contributed by atoms with Crippen molar-refractivity contribution in [3.63, 3.8) is 0 Å². The van der Waals surface area contributed by atoms with Crippen LogP contribution in [0.25, 0.3) is 0 Å². The van der Waals surface area contributed by atoms with Crippen molar-refractivity contribution in [1.82, 2.24) is 9.80 Å². The van der Waals surface area contributed by atoms with Crippen molar-refractivity contribution in [2.45, 2.75) is 13.8 Å². The summed E-state index contributed by atoms with van der Waals surface area (Å²) in [5.41, 5.74) is 0.697. The fourth-order valence-corrected chi connectivity index (χ4v) is 1.63. The molecule has 0 heterocycles. The zero-order chi connectivity index (χ0) is 15.1. The van der Waals surface area contributed by atoms with Crippen LogP contribution in [0.15, 0.2) is 24.3 Å². The minimum atomic E-state index is 0.0438. The van der Waals surface area contributed by atoms with Gasteiger partial charge < -0.3 is 14.5 Å². The molecule has 1 aromatic rings. The summed E-state index contributed by atoms with van der Waals surface area (Å²) in [5.74, 6) is 1.35. The molecule has 20 heavy (non-hydrogen) atoms. The van der Waals surface area contributed by atoms with Gasteiger partial charge in [0.2, 0.25) is 0 Å². The number of benzene rings is 1. The number of amides is 1. The molecule has 0 saturated heterocycles. The van der Waals surface area contributed by atoms with Gasteiger partial charge in [-0.25, -0.2) is 0 Å². The van der Waals surface area contributed by atoms with E-state index < -0.39 is 0 Å². The van der Waals surface area contributed by atoms with Gasteiger partial charge in [0, 0.05) is 25.7 Å². The first-order chi connectivity index (χ1) is 9.40. The van der Waals surface area contributed by atoms with Crippen LogP contribution >= 0.6 is 0 Å². The van der Waals surface area contributed by atoms with Gasteiger partial charge in [-0.2, -0.15) is 0 Å².